The number of esters is 1. The highest BCUT2D eigenvalue weighted by Crippen LogP contribution is 2.20. The summed E-state index contributed by atoms with van der Waals surface area (Å²) in [6, 6.07) is 9.05. The summed E-state index contributed by atoms with van der Waals surface area (Å²) in [4.78, 5) is 21.3. The molecule has 0 unspecified atom stereocenters. The Morgan fingerprint density at radius 3 is 2.60 bits per heavy atom. The van der Waals surface area contributed by atoms with Gasteiger partial charge in [0.2, 0.25) is 0 Å². The van der Waals surface area contributed by atoms with Gasteiger partial charge in [0, 0.05) is 0 Å². The number of benzene rings is 1. The van der Waals surface area contributed by atoms with E-state index in [1.807, 2.05) is 18.2 Å². The zero-order valence-corrected chi connectivity index (χ0v) is 8.38. The zero-order valence-electron chi connectivity index (χ0n) is 8.38. The van der Waals surface area contributed by atoms with E-state index in [2.05, 4.69) is 4.74 Å². The molecule has 0 saturated carbocycles. The molecule has 0 N–H and O–H groups in total. The number of methoxy groups -OCH3 is 1. The van der Waals surface area contributed by atoms with Crippen molar-refractivity contribution in [3.05, 3.63) is 35.9 Å². The number of carbonyl (C=O) groups is 2. The number of rotatable bonds is 5. The van der Waals surface area contributed by atoms with E-state index in [4.69, 9.17) is 4.74 Å². The molecule has 80 valence electrons. The van der Waals surface area contributed by atoms with Crippen molar-refractivity contribution in [2.75, 3.05) is 7.11 Å². The minimum Gasteiger partial charge on any atom is -0.469 e. The van der Waals surface area contributed by atoms with E-state index >= 15 is 0 Å². The lowest BCUT2D eigenvalue weighted by atomic mass is 10.1. The standard InChI is InChI=1S/C11H12O4/c1-14-11(13)7-10(15-8-12)9-5-3-2-4-6-9/h2-6,8,10H,7H2,1H3/t10-/m1/s1. The Hall–Kier alpha value is -1.84. The molecule has 1 atom stereocenters. The van der Waals surface area contributed by atoms with E-state index in [0.717, 1.165) is 5.56 Å². The van der Waals surface area contributed by atoms with Crippen molar-refractivity contribution in [1.29, 1.82) is 0 Å². The largest absolute Gasteiger partial charge is 0.469 e. The van der Waals surface area contributed by atoms with Gasteiger partial charge >= 0.3 is 5.97 Å². The Bertz CT molecular complexity index is 321. The van der Waals surface area contributed by atoms with Gasteiger partial charge in [0.1, 0.15) is 6.10 Å². The quantitative estimate of drug-likeness (QED) is 0.543. The predicted molar refractivity (Wildman–Crippen MR) is 53.0 cm³/mol. The van der Waals surface area contributed by atoms with Gasteiger partial charge in [-0.3, -0.25) is 9.59 Å². The monoisotopic (exact) mass is 208 g/mol. The van der Waals surface area contributed by atoms with Crippen molar-refractivity contribution in [3.8, 4) is 0 Å². The van der Waals surface area contributed by atoms with Crippen molar-refractivity contribution in [2.45, 2.75) is 12.5 Å². The summed E-state index contributed by atoms with van der Waals surface area (Å²) < 4.78 is 9.33. The summed E-state index contributed by atoms with van der Waals surface area (Å²) >= 11 is 0. The third kappa shape index (κ3) is 3.42. The van der Waals surface area contributed by atoms with Gasteiger partial charge < -0.3 is 9.47 Å². The SMILES string of the molecule is COC(=O)C[C@@H](OC=O)c1ccccc1. The second-order valence-corrected chi connectivity index (χ2v) is 2.91. The molecule has 0 amide bonds. The first kappa shape index (κ1) is 11.2. The summed E-state index contributed by atoms with van der Waals surface area (Å²) in [6.07, 6.45) is -0.546. The summed E-state index contributed by atoms with van der Waals surface area (Å²) in [5, 5.41) is 0. The van der Waals surface area contributed by atoms with Crippen molar-refractivity contribution in [1.82, 2.24) is 0 Å². The van der Waals surface area contributed by atoms with E-state index in [-0.39, 0.29) is 6.42 Å². The van der Waals surface area contributed by atoms with Crippen LogP contribution < -0.4 is 0 Å². The fourth-order valence-corrected chi connectivity index (χ4v) is 1.21. The van der Waals surface area contributed by atoms with Crippen LogP contribution in [0, 0.1) is 0 Å². The molecule has 0 radical (unpaired) electrons. The van der Waals surface area contributed by atoms with E-state index in [1.54, 1.807) is 12.1 Å². The molecule has 0 aliphatic rings. The topological polar surface area (TPSA) is 52.6 Å². The number of ether oxygens (including phenoxy) is 2. The Labute approximate surface area is 87.8 Å². The van der Waals surface area contributed by atoms with Crippen LogP contribution in [-0.4, -0.2) is 19.6 Å². The molecule has 4 heteroatoms. The van der Waals surface area contributed by atoms with E-state index in [0.29, 0.717) is 6.47 Å². The van der Waals surface area contributed by atoms with Gasteiger partial charge in [0.25, 0.3) is 6.47 Å². The lowest BCUT2D eigenvalue weighted by molar-refractivity contribution is -0.146. The third-order valence-electron chi connectivity index (χ3n) is 1.97. The maximum absolute atomic E-state index is 11.1. The minimum atomic E-state index is -0.573. The first-order valence-corrected chi connectivity index (χ1v) is 4.48. The zero-order chi connectivity index (χ0) is 11.1. The highest BCUT2D eigenvalue weighted by Gasteiger charge is 2.16. The highest BCUT2D eigenvalue weighted by atomic mass is 16.5. The van der Waals surface area contributed by atoms with Gasteiger partial charge in [-0.15, -0.1) is 0 Å². The molecule has 0 aliphatic heterocycles. The normalized spacial score (nSPS) is 11.5. The van der Waals surface area contributed by atoms with Crippen LogP contribution in [0.25, 0.3) is 0 Å². The molecule has 0 saturated heterocycles. The third-order valence-corrected chi connectivity index (χ3v) is 1.97. The van der Waals surface area contributed by atoms with Crippen LogP contribution in [-0.2, 0) is 19.1 Å². The van der Waals surface area contributed by atoms with Crippen molar-refractivity contribution < 1.29 is 19.1 Å². The highest BCUT2D eigenvalue weighted by molar-refractivity contribution is 5.70. The average Bonchev–Trinajstić information content (AvgIpc) is 2.29. The van der Waals surface area contributed by atoms with Crippen LogP contribution in [0.4, 0.5) is 0 Å². The number of carbonyl (C=O) groups excluding carboxylic acids is 2. The number of hydrogen-bond acceptors (Lipinski definition) is 4. The lowest BCUT2D eigenvalue weighted by Gasteiger charge is -2.13. The fourth-order valence-electron chi connectivity index (χ4n) is 1.21. The van der Waals surface area contributed by atoms with Gasteiger partial charge in [-0.1, -0.05) is 30.3 Å². The molecule has 0 aromatic heterocycles. The van der Waals surface area contributed by atoms with E-state index in [9.17, 15) is 9.59 Å². The van der Waals surface area contributed by atoms with Crippen LogP contribution in [0.2, 0.25) is 0 Å². The Balaban J connectivity index is 2.74. The summed E-state index contributed by atoms with van der Waals surface area (Å²) in [5.74, 6) is -0.411. The maximum atomic E-state index is 11.1. The summed E-state index contributed by atoms with van der Waals surface area (Å²) in [5.41, 5.74) is 0.773. The Morgan fingerprint density at radius 1 is 1.40 bits per heavy atom. The summed E-state index contributed by atoms with van der Waals surface area (Å²) in [7, 11) is 1.30. The van der Waals surface area contributed by atoms with Crippen molar-refractivity contribution in [2.24, 2.45) is 0 Å². The van der Waals surface area contributed by atoms with Crippen LogP contribution in [0.15, 0.2) is 30.3 Å². The molecule has 0 fully saturated rings. The molecule has 1 rings (SSSR count). The minimum absolute atomic E-state index is 0.0270. The van der Waals surface area contributed by atoms with E-state index < -0.39 is 12.1 Å². The molecule has 0 heterocycles. The molecule has 1 aromatic carbocycles. The molecular formula is C11H12O4. The van der Waals surface area contributed by atoms with Crippen molar-refractivity contribution in [3.63, 3.8) is 0 Å². The van der Waals surface area contributed by atoms with Gasteiger partial charge in [-0.2, -0.15) is 0 Å². The molecule has 0 spiro atoms. The van der Waals surface area contributed by atoms with Gasteiger partial charge in [-0.05, 0) is 5.56 Å². The van der Waals surface area contributed by atoms with Gasteiger partial charge in [0.05, 0.1) is 13.5 Å². The van der Waals surface area contributed by atoms with Gasteiger partial charge in [-0.25, -0.2) is 0 Å². The first-order chi connectivity index (χ1) is 7.27. The molecule has 1 aromatic rings. The lowest BCUT2D eigenvalue weighted by Crippen LogP contribution is -2.11. The second kappa shape index (κ2) is 5.80. The number of hydrogen-bond donors (Lipinski definition) is 0. The smallest absolute Gasteiger partial charge is 0.309 e. The summed E-state index contributed by atoms with van der Waals surface area (Å²) in [6.45, 7) is 0.334. The molecule has 0 bridgehead atoms. The molecule has 15 heavy (non-hydrogen) atoms. The average molecular weight is 208 g/mol. The Kier molecular flexibility index (Phi) is 4.34. The molecule has 0 aliphatic carbocycles. The van der Waals surface area contributed by atoms with Gasteiger partial charge in [0.15, 0.2) is 0 Å². The Morgan fingerprint density at radius 2 is 2.07 bits per heavy atom. The van der Waals surface area contributed by atoms with E-state index in [1.165, 1.54) is 7.11 Å². The molecular weight excluding hydrogens is 196 g/mol. The van der Waals surface area contributed by atoms with Crippen LogP contribution in [0.1, 0.15) is 18.1 Å². The predicted octanol–water partition coefficient (Wildman–Crippen LogP) is 1.46. The second-order valence-electron chi connectivity index (χ2n) is 2.91. The fraction of sp³-hybridized carbons (Fsp3) is 0.273. The van der Waals surface area contributed by atoms with Crippen LogP contribution >= 0.6 is 0 Å². The molecule has 4 nitrogen and oxygen atoms in total. The van der Waals surface area contributed by atoms with Crippen molar-refractivity contribution >= 4 is 12.4 Å². The van der Waals surface area contributed by atoms with Crippen LogP contribution in [0.3, 0.4) is 0 Å². The first-order valence-electron chi connectivity index (χ1n) is 4.48. The van der Waals surface area contributed by atoms with Crippen LogP contribution in [0.5, 0.6) is 0 Å². The maximum Gasteiger partial charge on any atom is 0.309 e.